The lowest BCUT2D eigenvalue weighted by Gasteiger charge is -1.85. The van der Waals surface area contributed by atoms with Crippen molar-refractivity contribution < 1.29 is 4.79 Å². The average molecular weight is 170 g/mol. The number of hydrogen-bond acceptors (Lipinski definition) is 1. The second-order valence-electron chi connectivity index (χ2n) is 2.53. The SMILES string of the molecule is C=CCC(=O)C#Cc1ccccc1. The molecule has 1 aromatic rings. The van der Waals surface area contributed by atoms with E-state index in [1.165, 1.54) is 0 Å². The summed E-state index contributed by atoms with van der Waals surface area (Å²) in [5, 5.41) is 0. The van der Waals surface area contributed by atoms with Crippen LogP contribution in [0.4, 0.5) is 0 Å². The minimum atomic E-state index is -0.0983. The van der Waals surface area contributed by atoms with E-state index in [0.717, 1.165) is 5.56 Å². The highest BCUT2D eigenvalue weighted by Crippen LogP contribution is 1.94. The molecule has 1 aromatic carbocycles. The number of ketones is 1. The molecule has 0 aliphatic heterocycles. The van der Waals surface area contributed by atoms with Gasteiger partial charge in [-0.1, -0.05) is 30.2 Å². The van der Waals surface area contributed by atoms with Gasteiger partial charge in [0, 0.05) is 12.0 Å². The lowest BCUT2D eigenvalue weighted by Crippen LogP contribution is -1.88. The van der Waals surface area contributed by atoms with Crippen molar-refractivity contribution in [2.45, 2.75) is 6.42 Å². The maximum Gasteiger partial charge on any atom is 0.209 e. The average Bonchev–Trinajstić information content (AvgIpc) is 2.17. The first-order chi connectivity index (χ1) is 6.33. The Morgan fingerprint density at radius 3 is 2.69 bits per heavy atom. The summed E-state index contributed by atoms with van der Waals surface area (Å²) >= 11 is 0. The molecule has 0 aromatic heterocycles. The minimum Gasteiger partial charge on any atom is -0.285 e. The third-order valence-corrected chi connectivity index (χ3v) is 1.45. The van der Waals surface area contributed by atoms with Crippen molar-refractivity contribution >= 4 is 5.78 Å². The van der Waals surface area contributed by atoms with Gasteiger partial charge in [0.05, 0.1) is 0 Å². The van der Waals surface area contributed by atoms with E-state index in [2.05, 4.69) is 18.4 Å². The van der Waals surface area contributed by atoms with Crippen molar-refractivity contribution in [2.75, 3.05) is 0 Å². The molecule has 0 amide bonds. The molecular formula is C12H10O. The summed E-state index contributed by atoms with van der Waals surface area (Å²) in [6, 6.07) is 9.43. The largest absolute Gasteiger partial charge is 0.285 e. The van der Waals surface area contributed by atoms with Crippen molar-refractivity contribution in [3.63, 3.8) is 0 Å². The van der Waals surface area contributed by atoms with Gasteiger partial charge in [-0.15, -0.1) is 6.58 Å². The summed E-state index contributed by atoms with van der Waals surface area (Å²) in [4.78, 5) is 11.0. The summed E-state index contributed by atoms with van der Waals surface area (Å²) in [5.74, 6) is 5.22. The molecule has 1 rings (SSSR count). The molecule has 0 aliphatic carbocycles. The predicted octanol–water partition coefficient (Wildman–Crippen LogP) is 2.18. The quantitative estimate of drug-likeness (QED) is 0.491. The highest BCUT2D eigenvalue weighted by molar-refractivity contribution is 5.96. The molecule has 64 valence electrons. The van der Waals surface area contributed by atoms with Crippen LogP contribution in [0.5, 0.6) is 0 Å². The Balaban J connectivity index is 2.67. The number of rotatable bonds is 2. The van der Waals surface area contributed by atoms with Gasteiger partial charge in [-0.25, -0.2) is 0 Å². The Hall–Kier alpha value is -1.81. The lowest BCUT2D eigenvalue weighted by atomic mass is 10.2. The Labute approximate surface area is 78.1 Å². The minimum absolute atomic E-state index is 0.0983. The summed E-state index contributed by atoms with van der Waals surface area (Å²) in [6.45, 7) is 3.47. The first kappa shape index (κ1) is 9.28. The van der Waals surface area contributed by atoms with Crippen LogP contribution in [0.2, 0.25) is 0 Å². The topological polar surface area (TPSA) is 17.1 Å². The van der Waals surface area contributed by atoms with Crippen molar-refractivity contribution in [1.82, 2.24) is 0 Å². The standard InChI is InChI=1S/C12H10O/c1-2-6-12(13)10-9-11-7-4-3-5-8-11/h2-5,7-8H,1,6H2. The molecule has 0 atom stereocenters. The van der Waals surface area contributed by atoms with Crippen molar-refractivity contribution in [2.24, 2.45) is 0 Å². The highest BCUT2D eigenvalue weighted by Gasteiger charge is 1.89. The lowest BCUT2D eigenvalue weighted by molar-refractivity contribution is -0.113. The highest BCUT2D eigenvalue weighted by atomic mass is 16.1. The fourth-order valence-electron chi connectivity index (χ4n) is 0.845. The number of benzene rings is 1. The van der Waals surface area contributed by atoms with Crippen LogP contribution in [-0.4, -0.2) is 5.78 Å². The van der Waals surface area contributed by atoms with E-state index < -0.39 is 0 Å². The molecule has 0 fully saturated rings. The molecule has 0 aliphatic rings. The maximum absolute atomic E-state index is 11.0. The van der Waals surface area contributed by atoms with Crippen LogP contribution in [0.25, 0.3) is 0 Å². The van der Waals surface area contributed by atoms with E-state index in [9.17, 15) is 4.79 Å². The van der Waals surface area contributed by atoms with Gasteiger partial charge < -0.3 is 0 Å². The van der Waals surface area contributed by atoms with Crippen molar-refractivity contribution in [3.8, 4) is 11.8 Å². The van der Waals surface area contributed by atoms with Crippen LogP contribution in [0, 0.1) is 11.8 Å². The third-order valence-electron chi connectivity index (χ3n) is 1.45. The Bertz CT molecular complexity index is 352. The normalized spacial score (nSPS) is 8.31. The molecular weight excluding hydrogens is 160 g/mol. The summed E-state index contributed by atoms with van der Waals surface area (Å²) in [5.41, 5.74) is 0.861. The monoisotopic (exact) mass is 170 g/mol. The van der Waals surface area contributed by atoms with E-state index >= 15 is 0 Å². The number of allylic oxidation sites excluding steroid dienone is 1. The smallest absolute Gasteiger partial charge is 0.209 e. The zero-order chi connectivity index (χ0) is 9.52. The predicted molar refractivity (Wildman–Crippen MR) is 53.1 cm³/mol. The van der Waals surface area contributed by atoms with Crippen LogP contribution in [0.3, 0.4) is 0 Å². The van der Waals surface area contributed by atoms with Crippen LogP contribution in [0.1, 0.15) is 12.0 Å². The van der Waals surface area contributed by atoms with Crippen LogP contribution in [-0.2, 0) is 4.79 Å². The summed E-state index contributed by atoms with van der Waals surface area (Å²) in [7, 11) is 0. The molecule has 0 saturated heterocycles. The molecule has 0 heterocycles. The van der Waals surface area contributed by atoms with E-state index in [0.29, 0.717) is 6.42 Å². The van der Waals surface area contributed by atoms with Gasteiger partial charge in [0.2, 0.25) is 5.78 Å². The van der Waals surface area contributed by atoms with Crippen LogP contribution < -0.4 is 0 Å². The molecule has 0 saturated carbocycles. The first-order valence-electron chi connectivity index (χ1n) is 4.03. The Morgan fingerprint density at radius 2 is 2.08 bits per heavy atom. The van der Waals surface area contributed by atoms with Gasteiger partial charge in [-0.05, 0) is 18.1 Å². The Kier molecular flexibility index (Phi) is 3.53. The molecule has 0 unspecified atom stereocenters. The molecule has 0 bridgehead atoms. The third kappa shape index (κ3) is 3.39. The molecule has 0 N–H and O–H groups in total. The number of carbonyl (C=O) groups is 1. The van der Waals surface area contributed by atoms with Gasteiger partial charge in [-0.2, -0.15) is 0 Å². The van der Waals surface area contributed by atoms with Gasteiger partial charge in [0.1, 0.15) is 0 Å². The first-order valence-corrected chi connectivity index (χ1v) is 4.03. The molecule has 13 heavy (non-hydrogen) atoms. The van der Waals surface area contributed by atoms with E-state index in [-0.39, 0.29) is 5.78 Å². The number of carbonyl (C=O) groups excluding carboxylic acids is 1. The van der Waals surface area contributed by atoms with Gasteiger partial charge in [0.15, 0.2) is 0 Å². The van der Waals surface area contributed by atoms with E-state index in [4.69, 9.17) is 0 Å². The molecule has 0 spiro atoms. The summed E-state index contributed by atoms with van der Waals surface area (Å²) in [6.07, 6.45) is 1.88. The molecule has 1 nitrogen and oxygen atoms in total. The van der Waals surface area contributed by atoms with Gasteiger partial charge in [-0.3, -0.25) is 4.79 Å². The van der Waals surface area contributed by atoms with Crippen molar-refractivity contribution in [1.29, 1.82) is 0 Å². The molecule has 0 radical (unpaired) electrons. The molecule has 1 heteroatoms. The van der Waals surface area contributed by atoms with Crippen LogP contribution >= 0.6 is 0 Å². The van der Waals surface area contributed by atoms with Gasteiger partial charge in [0.25, 0.3) is 0 Å². The zero-order valence-electron chi connectivity index (χ0n) is 7.29. The summed E-state index contributed by atoms with van der Waals surface area (Å²) < 4.78 is 0. The van der Waals surface area contributed by atoms with Gasteiger partial charge >= 0.3 is 0 Å². The fraction of sp³-hybridized carbons (Fsp3) is 0.0833. The van der Waals surface area contributed by atoms with Crippen molar-refractivity contribution in [3.05, 3.63) is 48.6 Å². The number of Topliss-reactive ketones (excluding diaryl/α,β-unsaturated/α-hetero) is 1. The number of hydrogen-bond donors (Lipinski definition) is 0. The second kappa shape index (κ2) is 4.95. The van der Waals surface area contributed by atoms with E-state index in [1.807, 2.05) is 30.3 Å². The van der Waals surface area contributed by atoms with E-state index in [1.54, 1.807) is 6.08 Å². The maximum atomic E-state index is 11.0. The Morgan fingerprint density at radius 1 is 1.38 bits per heavy atom. The second-order valence-corrected chi connectivity index (χ2v) is 2.53. The van der Waals surface area contributed by atoms with Crippen LogP contribution in [0.15, 0.2) is 43.0 Å². The fourth-order valence-corrected chi connectivity index (χ4v) is 0.845. The zero-order valence-corrected chi connectivity index (χ0v) is 7.29.